The highest BCUT2D eigenvalue weighted by Gasteiger charge is 2.32. The van der Waals surface area contributed by atoms with Crippen molar-refractivity contribution in [1.29, 1.82) is 5.26 Å². The van der Waals surface area contributed by atoms with Crippen molar-refractivity contribution in [2.45, 2.75) is 26.8 Å². The molecule has 0 fully saturated rings. The first-order valence-electron chi connectivity index (χ1n) is 8.42. The van der Waals surface area contributed by atoms with Gasteiger partial charge in [-0.2, -0.15) is 5.26 Å². The molecule has 9 heteroatoms. The van der Waals surface area contributed by atoms with Gasteiger partial charge in [0, 0.05) is 10.6 Å². The first kappa shape index (κ1) is 21.0. The van der Waals surface area contributed by atoms with Gasteiger partial charge < -0.3 is 9.64 Å². The molecule has 1 heterocycles. The molecular formula is C20H15ClF3N3OS. The Bertz CT molecular complexity index is 1040. The van der Waals surface area contributed by atoms with Crippen molar-refractivity contribution in [2.75, 3.05) is 4.90 Å². The van der Waals surface area contributed by atoms with Gasteiger partial charge in [0.2, 0.25) is 0 Å². The first-order chi connectivity index (χ1) is 13.7. The maximum atomic E-state index is 12.5. The summed E-state index contributed by atoms with van der Waals surface area (Å²) >= 11 is 7.49. The second kappa shape index (κ2) is 8.31. The molecule has 0 aliphatic carbocycles. The summed E-state index contributed by atoms with van der Waals surface area (Å²) in [5.74, 6) is -0.450. The van der Waals surface area contributed by atoms with Crippen LogP contribution in [0.4, 0.5) is 24.0 Å². The zero-order valence-corrected chi connectivity index (χ0v) is 17.0. The third kappa shape index (κ3) is 5.19. The van der Waals surface area contributed by atoms with Crippen molar-refractivity contribution in [3.8, 4) is 11.8 Å². The molecule has 0 saturated carbocycles. The van der Waals surface area contributed by atoms with E-state index in [4.69, 9.17) is 16.9 Å². The van der Waals surface area contributed by atoms with Gasteiger partial charge in [-0.05, 0) is 55.8 Å². The van der Waals surface area contributed by atoms with Gasteiger partial charge in [-0.3, -0.25) is 0 Å². The highest BCUT2D eigenvalue weighted by molar-refractivity contribution is 7.15. The molecule has 3 aromatic rings. The highest BCUT2D eigenvalue weighted by Crippen LogP contribution is 2.35. The molecule has 0 N–H and O–H groups in total. The lowest BCUT2D eigenvalue weighted by atomic mass is 10.1. The summed E-state index contributed by atoms with van der Waals surface area (Å²) in [6.07, 6.45) is -4.81. The van der Waals surface area contributed by atoms with Gasteiger partial charge in [0.15, 0.2) is 5.13 Å². The number of hydrogen-bond acceptors (Lipinski definition) is 5. The fourth-order valence-corrected chi connectivity index (χ4v) is 3.76. The number of thiazole rings is 1. The standard InChI is InChI=1S/C20H15ClF3N3OS/c1-12-13(2)29-19(26-12)27(16-6-3-14(10-25)4-7-16)11-15-5-8-18(17(21)9-15)28-20(22,23)24/h3-9H,11H2,1-2H3. The molecular weight excluding hydrogens is 423 g/mol. The van der Waals surface area contributed by atoms with Crippen LogP contribution in [-0.2, 0) is 6.54 Å². The van der Waals surface area contributed by atoms with Crippen LogP contribution in [0, 0.1) is 25.2 Å². The largest absolute Gasteiger partial charge is 0.573 e. The van der Waals surface area contributed by atoms with Crippen LogP contribution in [0.1, 0.15) is 21.7 Å². The fraction of sp³-hybridized carbons (Fsp3) is 0.200. The number of aromatic nitrogens is 1. The maximum absolute atomic E-state index is 12.5. The molecule has 0 aliphatic heterocycles. The maximum Gasteiger partial charge on any atom is 0.573 e. The van der Waals surface area contributed by atoms with Crippen LogP contribution < -0.4 is 9.64 Å². The van der Waals surface area contributed by atoms with Crippen molar-refractivity contribution < 1.29 is 17.9 Å². The lowest BCUT2D eigenvalue weighted by Gasteiger charge is -2.23. The number of alkyl halides is 3. The molecule has 150 valence electrons. The molecule has 29 heavy (non-hydrogen) atoms. The minimum atomic E-state index is -4.81. The molecule has 0 atom stereocenters. The summed E-state index contributed by atoms with van der Waals surface area (Å²) < 4.78 is 41.3. The van der Waals surface area contributed by atoms with Gasteiger partial charge in [0.1, 0.15) is 5.75 Å². The predicted molar refractivity (Wildman–Crippen MR) is 107 cm³/mol. The summed E-state index contributed by atoms with van der Waals surface area (Å²) in [6.45, 7) is 4.20. The quantitative estimate of drug-likeness (QED) is 0.455. The molecule has 0 radical (unpaired) electrons. The van der Waals surface area contributed by atoms with Crippen LogP contribution in [0.3, 0.4) is 0 Å². The Hall–Kier alpha value is -2.76. The monoisotopic (exact) mass is 437 g/mol. The van der Waals surface area contributed by atoms with E-state index >= 15 is 0 Å². The average molecular weight is 438 g/mol. The number of nitriles is 1. The molecule has 0 saturated heterocycles. The minimum Gasteiger partial charge on any atom is -0.404 e. The number of hydrogen-bond donors (Lipinski definition) is 0. The lowest BCUT2D eigenvalue weighted by Crippen LogP contribution is -2.18. The zero-order valence-electron chi connectivity index (χ0n) is 15.4. The Morgan fingerprint density at radius 1 is 1.17 bits per heavy atom. The van der Waals surface area contributed by atoms with Crippen LogP contribution in [0.2, 0.25) is 5.02 Å². The van der Waals surface area contributed by atoms with Gasteiger partial charge in [-0.15, -0.1) is 24.5 Å². The van der Waals surface area contributed by atoms with E-state index in [1.807, 2.05) is 18.7 Å². The van der Waals surface area contributed by atoms with Gasteiger partial charge in [0.05, 0.1) is 28.9 Å². The Kier molecular flexibility index (Phi) is 6.01. The topological polar surface area (TPSA) is 49.2 Å². The van der Waals surface area contributed by atoms with E-state index in [0.29, 0.717) is 17.7 Å². The molecule has 1 aromatic heterocycles. The molecule has 0 spiro atoms. The Morgan fingerprint density at radius 3 is 2.38 bits per heavy atom. The van der Waals surface area contributed by atoms with E-state index in [-0.39, 0.29) is 5.02 Å². The van der Waals surface area contributed by atoms with Crippen LogP contribution >= 0.6 is 22.9 Å². The van der Waals surface area contributed by atoms with Crippen molar-refractivity contribution in [3.05, 3.63) is 69.2 Å². The number of ether oxygens (including phenoxy) is 1. The summed E-state index contributed by atoms with van der Waals surface area (Å²) in [7, 11) is 0. The molecule has 2 aromatic carbocycles. The van der Waals surface area contributed by atoms with Gasteiger partial charge >= 0.3 is 6.36 Å². The van der Waals surface area contributed by atoms with E-state index in [1.165, 1.54) is 29.5 Å². The second-order valence-corrected chi connectivity index (χ2v) is 7.78. The smallest absolute Gasteiger partial charge is 0.404 e. The number of nitrogens with zero attached hydrogens (tertiary/aromatic N) is 3. The van der Waals surface area contributed by atoms with E-state index in [0.717, 1.165) is 21.4 Å². The third-order valence-corrected chi connectivity index (χ3v) is 5.51. The first-order valence-corrected chi connectivity index (χ1v) is 9.61. The molecule has 4 nitrogen and oxygen atoms in total. The summed E-state index contributed by atoms with van der Waals surface area (Å²) in [6, 6.07) is 13.2. The van der Waals surface area contributed by atoms with Gasteiger partial charge in [-0.1, -0.05) is 17.7 Å². The van der Waals surface area contributed by atoms with Crippen molar-refractivity contribution in [1.82, 2.24) is 4.98 Å². The van der Waals surface area contributed by atoms with Crippen molar-refractivity contribution in [3.63, 3.8) is 0 Å². The number of halogens is 4. The zero-order chi connectivity index (χ0) is 21.2. The van der Waals surface area contributed by atoms with Crippen LogP contribution in [0.15, 0.2) is 42.5 Å². The van der Waals surface area contributed by atoms with E-state index in [2.05, 4.69) is 15.8 Å². The number of benzene rings is 2. The minimum absolute atomic E-state index is 0.133. The highest BCUT2D eigenvalue weighted by atomic mass is 35.5. The predicted octanol–water partition coefficient (Wildman–Crippen LogP) is 6.52. The van der Waals surface area contributed by atoms with Gasteiger partial charge in [-0.25, -0.2) is 4.98 Å². The van der Waals surface area contributed by atoms with Crippen molar-refractivity contribution in [2.24, 2.45) is 0 Å². The lowest BCUT2D eigenvalue weighted by molar-refractivity contribution is -0.274. The summed E-state index contributed by atoms with van der Waals surface area (Å²) in [5.41, 5.74) is 2.90. The van der Waals surface area contributed by atoms with E-state index in [9.17, 15) is 13.2 Å². The summed E-state index contributed by atoms with van der Waals surface area (Å²) in [5, 5.41) is 9.62. The van der Waals surface area contributed by atoms with E-state index < -0.39 is 12.1 Å². The SMILES string of the molecule is Cc1nc(N(Cc2ccc(OC(F)(F)F)c(Cl)c2)c2ccc(C#N)cc2)sc1C. The molecule has 0 unspecified atom stereocenters. The summed E-state index contributed by atoms with van der Waals surface area (Å²) in [4.78, 5) is 7.57. The average Bonchev–Trinajstić information content (AvgIpc) is 2.99. The fourth-order valence-electron chi connectivity index (χ4n) is 2.59. The van der Waals surface area contributed by atoms with Crippen LogP contribution in [0.5, 0.6) is 5.75 Å². The van der Waals surface area contributed by atoms with E-state index in [1.54, 1.807) is 24.3 Å². The second-order valence-electron chi connectivity index (χ2n) is 6.20. The molecule has 0 aliphatic rings. The van der Waals surface area contributed by atoms with Crippen LogP contribution in [0.25, 0.3) is 0 Å². The number of anilines is 2. The normalized spacial score (nSPS) is 11.2. The third-order valence-electron chi connectivity index (χ3n) is 4.12. The van der Waals surface area contributed by atoms with Gasteiger partial charge in [0.25, 0.3) is 0 Å². The molecule has 3 rings (SSSR count). The molecule has 0 amide bonds. The Morgan fingerprint density at radius 2 is 1.86 bits per heavy atom. The Labute approximate surface area is 174 Å². The van der Waals surface area contributed by atoms with Crippen molar-refractivity contribution >= 4 is 33.8 Å². The number of rotatable bonds is 5. The Balaban J connectivity index is 1.94. The number of aryl methyl sites for hydroxylation is 2. The molecule has 0 bridgehead atoms. The van der Waals surface area contributed by atoms with Crippen LogP contribution in [-0.4, -0.2) is 11.3 Å².